The molecule has 2 heteroatoms. The van der Waals surface area contributed by atoms with Crippen LogP contribution in [-0.2, 0) is 4.74 Å². The third kappa shape index (κ3) is 2.39. The number of aliphatic imine (C=N–C) groups is 1. The second-order valence-corrected chi connectivity index (χ2v) is 1.31. The van der Waals surface area contributed by atoms with Crippen molar-refractivity contribution in [3.05, 3.63) is 12.0 Å². The first-order chi connectivity index (χ1) is 3.85. The maximum atomic E-state index is 4.77. The van der Waals surface area contributed by atoms with Gasteiger partial charge in [0, 0.05) is 0 Å². The lowest BCUT2D eigenvalue weighted by Gasteiger charge is -1.94. The van der Waals surface area contributed by atoms with Crippen LogP contribution >= 0.6 is 0 Å². The van der Waals surface area contributed by atoms with Gasteiger partial charge >= 0.3 is 0 Å². The number of methoxy groups -OCH3 is 1. The molecule has 2 nitrogen and oxygen atoms in total. The smallest absolute Gasteiger partial charge is 0.208 e. The van der Waals surface area contributed by atoms with E-state index in [1.54, 1.807) is 7.11 Å². The minimum atomic E-state index is 0.604. The standard InChI is InChI=1S/C6H11NO/c1-4-5-6(7-2)8-3/h5H,2,4H2,1,3H3/b6-5-. The Morgan fingerprint density at radius 2 is 2.50 bits per heavy atom. The second kappa shape index (κ2) is 4.37. The van der Waals surface area contributed by atoms with E-state index in [4.69, 9.17) is 4.74 Å². The zero-order valence-corrected chi connectivity index (χ0v) is 5.35. The molecule has 0 N–H and O–H groups in total. The lowest BCUT2D eigenvalue weighted by molar-refractivity contribution is 0.287. The first-order valence-electron chi connectivity index (χ1n) is 2.56. The quantitative estimate of drug-likeness (QED) is 0.402. The average Bonchev–Trinajstić information content (AvgIpc) is 1.83. The molecule has 0 rings (SSSR count). The molecular weight excluding hydrogens is 102 g/mol. The average molecular weight is 113 g/mol. The molecule has 0 aliphatic heterocycles. The molecule has 0 radical (unpaired) electrons. The van der Waals surface area contributed by atoms with Gasteiger partial charge in [0.1, 0.15) is 0 Å². The summed E-state index contributed by atoms with van der Waals surface area (Å²) in [4.78, 5) is 3.59. The normalized spacial score (nSPS) is 11.0. The first-order valence-corrected chi connectivity index (χ1v) is 2.56. The van der Waals surface area contributed by atoms with Crippen molar-refractivity contribution < 1.29 is 4.74 Å². The highest BCUT2D eigenvalue weighted by Gasteiger charge is 1.82. The second-order valence-electron chi connectivity index (χ2n) is 1.31. The minimum Gasteiger partial charge on any atom is -0.481 e. The molecule has 0 aromatic heterocycles. The number of hydrogen-bond donors (Lipinski definition) is 0. The summed E-state index contributed by atoms with van der Waals surface area (Å²) in [6.07, 6.45) is 2.80. The van der Waals surface area contributed by atoms with Gasteiger partial charge in [0.2, 0.25) is 5.88 Å². The van der Waals surface area contributed by atoms with Gasteiger partial charge in [-0.1, -0.05) is 6.92 Å². The van der Waals surface area contributed by atoms with Gasteiger partial charge in [-0.2, -0.15) is 0 Å². The molecule has 0 aromatic carbocycles. The zero-order chi connectivity index (χ0) is 6.41. The van der Waals surface area contributed by atoms with E-state index < -0.39 is 0 Å². The van der Waals surface area contributed by atoms with Gasteiger partial charge < -0.3 is 4.74 Å². The number of rotatable bonds is 3. The van der Waals surface area contributed by atoms with Crippen LogP contribution in [0.5, 0.6) is 0 Å². The highest BCUT2D eigenvalue weighted by atomic mass is 16.5. The molecule has 0 heterocycles. The molecule has 0 spiro atoms. The van der Waals surface area contributed by atoms with Gasteiger partial charge in [0.05, 0.1) is 7.11 Å². The lowest BCUT2D eigenvalue weighted by atomic mass is 10.4. The van der Waals surface area contributed by atoms with Crippen molar-refractivity contribution in [1.29, 1.82) is 0 Å². The van der Waals surface area contributed by atoms with Gasteiger partial charge in [-0.25, -0.2) is 4.99 Å². The largest absolute Gasteiger partial charge is 0.481 e. The molecular formula is C6H11NO. The Morgan fingerprint density at radius 3 is 2.62 bits per heavy atom. The van der Waals surface area contributed by atoms with Crippen LogP contribution in [0, 0.1) is 0 Å². The Labute approximate surface area is 49.9 Å². The van der Waals surface area contributed by atoms with Crippen molar-refractivity contribution in [2.24, 2.45) is 4.99 Å². The molecule has 0 atom stereocenters. The predicted octanol–water partition coefficient (Wildman–Crippen LogP) is 1.58. The van der Waals surface area contributed by atoms with Crippen LogP contribution in [0.25, 0.3) is 0 Å². The highest BCUT2D eigenvalue weighted by Crippen LogP contribution is 1.95. The molecule has 0 aromatic rings. The van der Waals surface area contributed by atoms with Gasteiger partial charge in [0.25, 0.3) is 0 Å². The maximum absolute atomic E-state index is 4.77. The van der Waals surface area contributed by atoms with Crippen molar-refractivity contribution in [1.82, 2.24) is 0 Å². The van der Waals surface area contributed by atoms with Gasteiger partial charge in [-0.3, -0.25) is 0 Å². The Kier molecular flexibility index (Phi) is 3.94. The van der Waals surface area contributed by atoms with E-state index in [2.05, 4.69) is 11.7 Å². The zero-order valence-electron chi connectivity index (χ0n) is 5.35. The van der Waals surface area contributed by atoms with Crippen LogP contribution in [-0.4, -0.2) is 13.8 Å². The fraction of sp³-hybridized carbons (Fsp3) is 0.500. The first kappa shape index (κ1) is 7.21. The van der Waals surface area contributed by atoms with Crippen LogP contribution in [0.4, 0.5) is 0 Å². The van der Waals surface area contributed by atoms with Crippen LogP contribution < -0.4 is 0 Å². The summed E-state index contributed by atoms with van der Waals surface area (Å²) in [5.41, 5.74) is 0. The molecule has 0 saturated heterocycles. The van der Waals surface area contributed by atoms with Crippen LogP contribution in [0.15, 0.2) is 17.0 Å². The molecule has 0 bridgehead atoms. The predicted molar refractivity (Wildman–Crippen MR) is 34.9 cm³/mol. The molecule has 46 valence electrons. The fourth-order valence-corrected chi connectivity index (χ4v) is 0.387. The van der Waals surface area contributed by atoms with E-state index in [1.807, 2.05) is 13.0 Å². The third-order valence-electron chi connectivity index (χ3n) is 0.744. The van der Waals surface area contributed by atoms with E-state index in [9.17, 15) is 0 Å². The van der Waals surface area contributed by atoms with Crippen molar-refractivity contribution in [3.63, 3.8) is 0 Å². The van der Waals surface area contributed by atoms with Crippen molar-refractivity contribution in [2.75, 3.05) is 7.11 Å². The summed E-state index contributed by atoms with van der Waals surface area (Å²) in [6, 6.07) is 0. The molecule has 0 aliphatic rings. The molecule has 0 aliphatic carbocycles. The van der Waals surface area contributed by atoms with Crippen molar-refractivity contribution >= 4 is 6.72 Å². The van der Waals surface area contributed by atoms with Gasteiger partial charge in [-0.15, -0.1) is 0 Å². The summed E-state index contributed by atoms with van der Waals surface area (Å²) < 4.78 is 4.77. The molecule has 0 fully saturated rings. The Hall–Kier alpha value is -0.790. The number of nitrogens with zero attached hydrogens (tertiary/aromatic N) is 1. The molecule has 0 amide bonds. The summed E-state index contributed by atoms with van der Waals surface area (Å²) in [7, 11) is 1.58. The Bertz CT molecular complexity index is 96.7. The van der Waals surface area contributed by atoms with Gasteiger partial charge in [-0.05, 0) is 19.2 Å². The Balaban J connectivity index is 3.66. The van der Waals surface area contributed by atoms with E-state index in [0.717, 1.165) is 6.42 Å². The minimum absolute atomic E-state index is 0.604. The van der Waals surface area contributed by atoms with Gasteiger partial charge in [0.15, 0.2) is 0 Å². The van der Waals surface area contributed by atoms with E-state index >= 15 is 0 Å². The summed E-state index contributed by atoms with van der Waals surface area (Å²) in [5.74, 6) is 0.604. The summed E-state index contributed by atoms with van der Waals surface area (Å²) in [6.45, 7) is 5.33. The van der Waals surface area contributed by atoms with Crippen LogP contribution in [0.3, 0.4) is 0 Å². The van der Waals surface area contributed by atoms with Crippen molar-refractivity contribution in [2.45, 2.75) is 13.3 Å². The fourth-order valence-electron chi connectivity index (χ4n) is 0.387. The number of ether oxygens (including phenoxy) is 1. The van der Waals surface area contributed by atoms with E-state index in [-0.39, 0.29) is 0 Å². The summed E-state index contributed by atoms with van der Waals surface area (Å²) >= 11 is 0. The monoisotopic (exact) mass is 113 g/mol. The maximum Gasteiger partial charge on any atom is 0.208 e. The Morgan fingerprint density at radius 1 is 1.88 bits per heavy atom. The van der Waals surface area contributed by atoms with E-state index in [0.29, 0.717) is 5.88 Å². The lowest BCUT2D eigenvalue weighted by Crippen LogP contribution is -1.78. The summed E-state index contributed by atoms with van der Waals surface area (Å²) in [5, 5.41) is 0. The van der Waals surface area contributed by atoms with Crippen LogP contribution in [0.2, 0.25) is 0 Å². The number of allylic oxidation sites excluding steroid dienone is 1. The molecule has 0 saturated carbocycles. The number of hydrogen-bond acceptors (Lipinski definition) is 2. The van der Waals surface area contributed by atoms with Crippen LogP contribution in [0.1, 0.15) is 13.3 Å². The molecule has 8 heavy (non-hydrogen) atoms. The SMILES string of the molecule is C=N/C(=C/CC)OC. The topological polar surface area (TPSA) is 21.6 Å². The third-order valence-corrected chi connectivity index (χ3v) is 0.744. The highest BCUT2D eigenvalue weighted by molar-refractivity contribution is 5.27. The van der Waals surface area contributed by atoms with Crippen molar-refractivity contribution in [3.8, 4) is 0 Å². The molecule has 0 unspecified atom stereocenters. The van der Waals surface area contributed by atoms with E-state index in [1.165, 1.54) is 0 Å².